The van der Waals surface area contributed by atoms with Gasteiger partial charge >= 0.3 is 0 Å². The molecule has 1 saturated heterocycles. The maximum Gasteiger partial charge on any atom is 0.230 e. The molecule has 3 aromatic rings. The molecule has 1 aliphatic rings. The number of H-pyrrole nitrogens is 1. The van der Waals surface area contributed by atoms with E-state index in [0.29, 0.717) is 23.4 Å². The molecule has 3 aromatic heterocycles. The van der Waals surface area contributed by atoms with Gasteiger partial charge in [0, 0.05) is 31.0 Å². The van der Waals surface area contributed by atoms with E-state index in [2.05, 4.69) is 52.6 Å². The summed E-state index contributed by atoms with van der Waals surface area (Å²) in [5, 5.41) is 6.65. The Morgan fingerprint density at radius 3 is 2.73 bits per heavy atom. The van der Waals surface area contributed by atoms with E-state index in [9.17, 15) is 0 Å². The van der Waals surface area contributed by atoms with Crippen molar-refractivity contribution < 1.29 is 0 Å². The van der Waals surface area contributed by atoms with Crippen LogP contribution in [0.2, 0.25) is 0 Å². The lowest BCUT2D eigenvalue weighted by atomic mass is 10.1. The molecule has 0 spiro atoms. The van der Waals surface area contributed by atoms with Gasteiger partial charge in [-0.15, -0.1) is 0 Å². The number of nitrogens with one attached hydrogen (secondary N) is 1. The molecule has 0 aliphatic carbocycles. The van der Waals surface area contributed by atoms with Gasteiger partial charge in [-0.25, -0.2) is 4.98 Å². The van der Waals surface area contributed by atoms with Crippen molar-refractivity contribution in [2.75, 3.05) is 23.7 Å². The van der Waals surface area contributed by atoms with Gasteiger partial charge in [-0.3, -0.25) is 10.1 Å². The Bertz CT molecular complexity index is 876. The largest absolute Gasteiger partial charge is 0.368 e. The maximum atomic E-state index is 5.90. The predicted molar refractivity (Wildman–Crippen MR) is 101 cm³/mol. The molecular weight excluding hydrogens is 350 g/mol. The van der Waals surface area contributed by atoms with Crippen molar-refractivity contribution in [2.45, 2.75) is 24.5 Å². The summed E-state index contributed by atoms with van der Waals surface area (Å²) in [7, 11) is 0. The van der Waals surface area contributed by atoms with Crippen LogP contribution in [0.25, 0.3) is 11.4 Å². The van der Waals surface area contributed by atoms with E-state index in [4.69, 9.17) is 5.73 Å². The van der Waals surface area contributed by atoms with Crippen LogP contribution in [-0.4, -0.2) is 48.2 Å². The Morgan fingerprint density at radius 1 is 1.12 bits per heavy atom. The molecule has 0 bridgehead atoms. The first-order valence-electron chi connectivity index (χ1n) is 8.48. The van der Waals surface area contributed by atoms with Crippen LogP contribution in [0.15, 0.2) is 24.5 Å². The Labute approximate surface area is 155 Å². The SMILES string of the molecule is Nc1nc(C(S)c2nc(-c3cccnc3)n[nH]2)nc(N2CCCCC2)n1. The quantitative estimate of drug-likeness (QED) is 0.593. The smallest absolute Gasteiger partial charge is 0.230 e. The molecule has 0 amide bonds. The second kappa shape index (κ2) is 7.24. The van der Waals surface area contributed by atoms with Crippen molar-refractivity contribution in [3.05, 3.63) is 36.2 Å². The van der Waals surface area contributed by atoms with Crippen LogP contribution < -0.4 is 10.6 Å². The zero-order valence-electron chi connectivity index (χ0n) is 14.1. The first-order chi connectivity index (χ1) is 12.7. The Balaban J connectivity index is 1.61. The number of aromatic nitrogens is 7. The fraction of sp³-hybridized carbons (Fsp3) is 0.375. The number of nitrogens with two attached hydrogens (primary N) is 1. The van der Waals surface area contributed by atoms with Crippen molar-refractivity contribution in [3.63, 3.8) is 0 Å². The van der Waals surface area contributed by atoms with Crippen molar-refractivity contribution in [1.82, 2.24) is 35.1 Å². The van der Waals surface area contributed by atoms with Crippen molar-refractivity contribution >= 4 is 24.5 Å². The molecule has 10 heteroatoms. The molecule has 3 N–H and O–H groups in total. The highest BCUT2D eigenvalue weighted by Crippen LogP contribution is 2.26. The molecule has 134 valence electrons. The van der Waals surface area contributed by atoms with Crippen molar-refractivity contribution in [3.8, 4) is 11.4 Å². The molecule has 1 unspecified atom stereocenters. The van der Waals surface area contributed by atoms with E-state index in [1.807, 2.05) is 12.1 Å². The molecule has 1 aliphatic heterocycles. The number of aromatic amines is 1. The third-order valence-corrected chi connectivity index (χ3v) is 4.70. The minimum absolute atomic E-state index is 0.182. The van der Waals surface area contributed by atoms with E-state index < -0.39 is 5.25 Å². The zero-order chi connectivity index (χ0) is 17.9. The number of thiol groups is 1. The first kappa shape index (κ1) is 16.7. The molecule has 1 fully saturated rings. The number of pyridine rings is 1. The van der Waals surface area contributed by atoms with Crippen LogP contribution >= 0.6 is 12.6 Å². The third-order valence-electron chi connectivity index (χ3n) is 4.22. The van der Waals surface area contributed by atoms with Gasteiger partial charge in [0.2, 0.25) is 11.9 Å². The van der Waals surface area contributed by atoms with Crippen LogP contribution in [0.4, 0.5) is 11.9 Å². The Morgan fingerprint density at radius 2 is 1.96 bits per heavy atom. The van der Waals surface area contributed by atoms with Crippen LogP contribution in [0, 0.1) is 0 Å². The van der Waals surface area contributed by atoms with Gasteiger partial charge in [0.1, 0.15) is 11.1 Å². The van der Waals surface area contributed by atoms with Crippen LogP contribution in [0.3, 0.4) is 0 Å². The molecule has 4 heterocycles. The second-order valence-electron chi connectivity index (χ2n) is 6.09. The van der Waals surface area contributed by atoms with E-state index in [1.165, 1.54) is 6.42 Å². The number of rotatable bonds is 4. The molecule has 0 saturated carbocycles. The summed E-state index contributed by atoms with van der Waals surface area (Å²) in [4.78, 5) is 23.8. The Kier molecular flexibility index (Phi) is 4.65. The minimum atomic E-state index is -0.484. The standard InChI is InChI=1S/C16H19N9S/c17-15-20-13(21-16(22-15)25-7-2-1-3-8-25)11(26)14-19-12(23-24-14)10-5-4-6-18-9-10/h4-6,9,11,26H,1-3,7-8H2,(H,19,23,24)(H2,17,20,21,22). The van der Waals surface area contributed by atoms with Crippen LogP contribution in [0.5, 0.6) is 0 Å². The second-order valence-corrected chi connectivity index (χ2v) is 6.60. The topological polar surface area (TPSA) is 122 Å². The number of piperidine rings is 1. The molecule has 4 rings (SSSR count). The molecule has 1 atom stereocenters. The molecular formula is C16H19N9S. The lowest BCUT2D eigenvalue weighted by Gasteiger charge is -2.26. The number of nitrogen functional groups attached to an aromatic ring is 1. The van der Waals surface area contributed by atoms with Gasteiger partial charge in [0.05, 0.1) is 0 Å². The summed E-state index contributed by atoms with van der Waals surface area (Å²) < 4.78 is 0. The molecule has 26 heavy (non-hydrogen) atoms. The van der Waals surface area contributed by atoms with E-state index in [1.54, 1.807) is 12.4 Å². The summed E-state index contributed by atoms with van der Waals surface area (Å²) in [5.74, 6) is 2.32. The van der Waals surface area contributed by atoms with Gasteiger partial charge in [0.15, 0.2) is 11.6 Å². The average molecular weight is 369 g/mol. The summed E-state index contributed by atoms with van der Waals surface area (Å²) in [6, 6.07) is 3.73. The van der Waals surface area contributed by atoms with Gasteiger partial charge < -0.3 is 10.6 Å². The normalized spacial score (nSPS) is 15.8. The predicted octanol–water partition coefficient (Wildman–Crippen LogP) is 1.64. The highest BCUT2D eigenvalue weighted by molar-refractivity contribution is 7.80. The van der Waals surface area contributed by atoms with E-state index in [0.717, 1.165) is 31.5 Å². The van der Waals surface area contributed by atoms with Gasteiger partial charge in [-0.2, -0.15) is 32.7 Å². The monoisotopic (exact) mass is 369 g/mol. The number of hydrogen-bond acceptors (Lipinski definition) is 9. The van der Waals surface area contributed by atoms with E-state index in [-0.39, 0.29) is 5.95 Å². The van der Waals surface area contributed by atoms with E-state index >= 15 is 0 Å². The van der Waals surface area contributed by atoms with Crippen molar-refractivity contribution in [1.29, 1.82) is 0 Å². The summed E-state index contributed by atoms with van der Waals surface area (Å²) in [6.07, 6.45) is 6.89. The van der Waals surface area contributed by atoms with Crippen LogP contribution in [0.1, 0.15) is 36.2 Å². The van der Waals surface area contributed by atoms with Gasteiger partial charge in [-0.05, 0) is 31.4 Å². The first-order valence-corrected chi connectivity index (χ1v) is 8.99. The van der Waals surface area contributed by atoms with Gasteiger partial charge in [-0.1, -0.05) is 0 Å². The highest BCUT2D eigenvalue weighted by atomic mass is 32.1. The average Bonchev–Trinajstić information content (AvgIpc) is 3.18. The Hall–Kier alpha value is -2.75. The van der Waals surface area contributed by atoms with Gasteiger partial charge in [0.25, 0.3) is 0 Å². The fourth-order valence-corrected chi connectivity index (χ4v) is 3.13. The summed E-state index contributed by atoms with van der Waals surface area (Å²) in [6.45, 7) is 1.85. The van der Waals surface area contributed by atoms with Crippen molar-refractivity contribution in [2.24, 2.45) is 0 Å². The number of nitrogens with zero attached hydrogens (tertiary/aromatic N) is 7. The zero-order valence-corrected chi connectivity index (χ0v) is 15.0. The molecule has 0 aromatic carbocycles. The molecule has 9 nitrogen and oxygen atoms in total. The number of hydrogen-bond donors (Lipinski definition) is 3. The summed E-state index contributed by atoms with van der Waals surface area (Å²) in [5.41, 5.74) is 6.72. The lowest BCUT2D eigenvalue weighted by Crippen LogP contribution is -2.31. The highest BCUT2D eigenvalue weighted by Gasteiger charge is 2.22. The van der Waals surface area contributed by atoms with Crippen LogP contribution in [-0.2, 0) is 0 Å². The molecule has 0 radical (unpaired) electrons. The third kappa shape index (κ3) is 3.45. The fourth-order valence-electron chi connectivity index (χ4n) is 2.90. The lowest BCUT2D eigenvalue weighted by molar-refractivity contribution is 0.566. The maximum absolute atomic E-state index is 5.90. The summed E-state index contributed by atoms with van der Waals surface area (Å²) >= 11 is 4.62. The number of anilines is 2. The minimum Gasteiger partial charge on any atom is -0.368 e.